The van der Waals surface area contributed by atoms with Gasteiger partial charge in [0.1, 0.15) is 0 Å². The highest BCUT2D eigenvalue weighted by molar-refractivity contribution is 4.94. The van der Waals surface area contributed by atoms with Gasteiger partial charge in [0, 0.05) is 25.7 Å². The molecule has 0 spiro atoms. The van der Waals surface area contributed by atoms with Crippen molar-refractivity contribution in [3.05, 3.63) is 0 Å². The van der Waals surface area contributed by atoms with E-state index in [-0.39, 0.29) is 5.54 Å². The van der Waals surface area contributed by atoms with Crippen LogP contribution < -0.4 is 5.73 Å². The number of hydrogen-bond donors (Lipinski definition) is 1. The second kappa shape index (κ2) is 5.65. The van der Waals surface area contributed by atoms with Crippen molar-refractivity contribution in [3.8, 4) is 0 Å². The number of rotatable bonds is 4. The van der Waals surface area contributed by atoms with E-state index in [2.05, 4.69) is 23.9 Å². The van der Waals surface area contributed by atoms with Crippen molar-refractivity contribution in [3.63, 3.8) is 0 Å². The van der Waals surface area contributed by atoms with Crippen LogP contribution >= 0.6 is 0 Å². The van der Waals surface area contributed by atoms with Crippen LogP contribution in [0.2, 0.25) is 0 Å². The van der Waals surface area contributed by atoms with Crippen LogP contribution in [0.5, 0.6) is 0 Å². The van der Waals surface area contributed by atoms with Crippen LogP contribution in [0.3, 0.4) is 0 Å². The van der Waals surface area contributed by atoms with E-state index in [9.17, 15) is 0 Å². The normalized spacial score (nSPS) is 35.6. The van der Waals surface area contributed by atoms with Crippen LogP contribution in [0.1, 0.15) is 25.7 Å². The third kappa shape index (κ3) is 2.81. The average Bonchev–Trinajstić information content (AvgIpc) is 2.76. The zero-order chi connectivity index (χ0) is 12.3. The summed E-state index contributed by atoms with van der Waals surface area (Å²) in [5.41, 5.74) is 6.10. The highest BCUT2D eigenvalue weighted by Gasteiger charge is 2.37. The fourth-order valence-corrected chi connectivity index (χ4v) is 3.18. The molecule has 4 heteroatoms. The largest absolute Gasteiger partial charge is 0.379 e. The van der Waals surface area contributed by atoms with Crippen molar-refractivity contribution in [2.45, 2.75) is 37.3 Å². The van der Waals surface area contributed by atoms with Gasteiger partial charge in [-0.25, -0.2) is 0 Å². The summed E-state index contributed by atoms with van der Waals surface area (Å²) in [5.74, 6) is 0. The van der Waals surface area contributed by atoms with E-state index in [0.717, 1.165) is 26.2 Å². The molecule has 100 valence electrons. The molecule has 2 heterocycles. The minimum Gasteiger partial charge on any atom is -0.379 e. The molecule has 0 saturated carbocycles. The molecule has 2 aliphatic heterocycles. The molecule has 0 radical (unpaired) electrons. The Morgan fingerprint density at radius 1 is 1.47 bits per heavy atom. The lowest BCUT2D eigenvalue weighted by Crippen LogP contribution is -2.59. The summed E-state index contributed by atoms with van der Waals surface area (Å²) in [6, 6.07) is 0.699. The van der Waals surface area contributed by atoms with Gasteiger partial charge >= 0.3 is 0 Å². The summed E-state index contributed by atoms with van der Waals surface area (Å²) in [4.78, 5) is 4.93. The van der Waals surface area contributed by atoms with Gasteiger partial charge in [-0.2, -0.15) is 0 Å². The van der Waals surface area contributed by atoms with Crippen molar-refractivity contribution in [1.82, 2.24) is 9.80 Å². The Hall–Kier alpha value is -0.160. The molecule has 0 aromatic carbocycles. The van der Waals surface area contributed by atoms with E-state index in [0.29, 0.717) is 12.6 Å². The lowest BCUT2D eigenvalue weighted by Gasteiger charge is -2.45. The molecule has 2 unspecified atom stereocenters. The van der Waals surface area contributed by atoms with E-state index >= 15 is 0 Å². The minimum absolute atomic E-state index is 0.0850. The predicted octanol–water partition coefficient (Wildman–Crippen LogP) is 0.520. The smallest absolute Gasteiger partial charge is 0.0662 e. The van der Waals surface area contributed by atoms with E-state index in [1.54, 1.807) is 0 Å². The van der Waals surface area contributed by atoms with Crippen molar-refractivity contribution in [2.24, 2.45) is 5.73 Å². The Morgan fingerprint density at radius 2 is 2.29 bits per heavy atom. The highest BCUT2D eigenvalue weighted by Crippen LogP contribution is 2.26. The third-order valence-corrected chi connectivity index (χ3v) is 4.65. The molecule has 2 saturated heterocycles. The van der Waals surface area contributed by atoms with Gasteiger partial charge in [-0.15, -0.1) is 0 Å². The minimum atomic E-state index is 0.0850. The SMILES string of the molecule is CN1CCCC1CN(C)C1(CN)CCCOC1. The molecule has 0 aromatic rings. The first kappa shape index (κ1) is 13.3. The maximum absolute atomic E-state index is 6.01. The number of ether oxygens (including phenoxy) is 1. The lowest BCUT2D eigenvalue weighted by atomic mass is 9.90. The van der Waals surface area contributed by atoms with E-state index in [4.69, 9.17) is 10.5 Å². The van der Waals surface area contributed by atoms with Gasteiger partial charge in [0.25, 0.3) is 0 Å². The maximum Gasteiger partial charge on any atom is 0.0662 e. The zero-order valence-electron chi connectivity index (χ0n) is 11.3. The van der Waals surface area contributed by atoms with Gasteiger partial charge in [0.05, 0.1) is 12.1 Å². The highest BCUT2D eigenvalue weighted by atomic mass is 16.5. The topological polar surface area (TPSA) is 41.7 Å². The molecule has 0 aromatic heterocycles. The predicted molar refractivity (Wildman–Crippen MR) is 70.1 cm³/mol. The average molecular weight is 241 g/mol. The molecular formula is C13H27N3O. The van der Waals surface area contributed by atoms with E-state index in [1.807, 2.05) is 0 Å². The second-order valence-corrected chi connectivity index (χ2v) is 5.74. The summed E-state index contributed by atoms with van der Waals surface area (Å²) >= 11 is 0. The fraction of sp³-hybridized carbons (Fsp3) is 1.00. The van der Waals surface area contributed by atoms with Crippen LogP contribution in [0, 0.1) is 0 Å². The van der Waals surface area contributed by atoms with E-state index in [1.165, 1.54) is 25.8 Å². The van der Waals surface area contributed by atoms with Crippen LogP contribution in [0.25, 0.3) is 0 Å². The first-order valence-corrected chi connectivity index (χ1v) is 6.87. The Balaban J connectivity index is 1.94. The zero-order valence-corrected chi connectivity index (χ0v) is 11.3. The van der Waals surface area contributed by atoms with Crippen LogP contribution in [-0.4, -0.2) is 68.3 Å². The number of likely N-dealkylation sites (tertiary alicyclic amines) is 1. The first-order valence-electron chi connectivity index (χ1n) is 6.87. The summed E-state index contributed by atoms with van der Waals surface area (Å²) in [5, 5.41) is 0. The summed E-state index contributed by atoms with van der Waals surface area (Å²) in [6.45, 7) is 4.77. The molecule has 2 aliphatic rings. The fourth-order valence-electron chi connectivity index (χ4n) is 3.18. The Kier molecular flexibility index (Phi) is 4.42. The molecule has 17 heavy (non-hydrogen) atoms. The number of nitrogens with two attached hydrogens (primary N) is 1. The number of hydrogen-bond acceptors (Lipinski definition) is 4. The molecule has 2 atom stereocenters. The van der Waals surface area contributed by atoms with Gasteiger partial charge in [-0.1, -0.05) is 0 Å². The Morgan fingerprint density at radius 3 is 2.82 bits per heavy atom. The first-order chi connectivity index (χ1) is 8.18. The molecular weight excluding hydrogens is 214 g/mol. The van der Waals surface area contributed by atoms with Crippen molar-refractivity contribution < 1.29 is 4.74 Å². The number of nitrogens with zero attached hydrogens (tertiary/aromatic N) is 2. The van der Waals surface area contributed by atoms with Gasteiger partial charge in [-0.3, -0.25) is 4.90 Å². The molecule has 0 amide bonds. The third-order valence-electron chi connectivity index (χ3n) is 4.65. The van der Waals surface area contributed by atoms with Crippen LogP contribution in [0.15, 0.2) is 0 Å². The van der Waals surface area contributed by atoms with Gasteiger partial charge < -0.3 is 15.4 Å². The monoisotopic (exact) mass is 241 g/mol. The summed E-state index contributed by atoms with van der Waals surface area (Å²) < 4.78 is 5.65. The molecule has 0 bridgehead atoms. The van der Waals surface area contributed by atoms with Crippen molar-refractivity contribution >= 4 is 0 Å². The van der Waals surface area contributed by atoms with Gasteiger partial charge in [0.15, 0.2) is 0 Å². The van der Waals surface area contributed by atoms with Gasteiger partial charge in [-0.05, 0) is 46.3 Å². The maximum atomic E-state index is 6.01. The molecule has 2 rings (SSSR count). The Bertz CT molecular complexity index is 241. The second-order valence-electron chi connectivity index (χ2n) is 5.74. The van der Waals surface area contributed by atoms with E-state index < -0.39 is 0 Å². The number of likely N-dealkylation sites (N-methyl/N-ethyl adjacent to an activating group) is 2. The summed E-state index contributed by atoms with van der Waals surface area (Å²) in [7, 11) is 4.45. The molecule has 0 aliphatic carbocycles. The molecule has 4 nitrogen and oxygen atoms in total. The van der Waals surface area contributed by atoms with Crippen LogP contribution in [-0.2, 0) is 4.74 Å². The quantitative estimate of drug-likeness (QED) is 0.779. The molecule has 2 N–H and O–H groups in total. The van der Waals surface area contributed by atoms with Gasteiger partial charge in [0.2, 0.25) is 0 Å². The standard InChI is InChI=1S/C13H27N3O/c1-15-7-3-5-12(15)9-16(2)13(10-14)6-4-8-17-11-13/h12H,3-11,14H2,1-2H3. The van der Waals surface area contributed by atoms with Crippen LogP contribution in [0.4, 0.5) is 0 Å². The Labute approximate surface area is 105 Å². The van der Waals surface area contributed by atoms with Crippen molar-refractivity contribution in [1.29, 1.82) is 0 Å². The molecule has 2 fully saturated rings. The van der Waals surface area contributed by atoms with Crippen molar-refractivity contribution in [2.75, 3.05) is 46.9 Å². The summed E-state index contributed by atoms with van der Waals surface area (Å²) in [6.07, 6.45) is 4.97. The lowest BCUT2D eigenvalue weighted by molar-refractivity contribution is -0.0399.